The Hall–Kier alpha value is -8.56. The zero-order valence-corrected chi connectivity index (χ0v) is 38.2. The molecule has 1 aromatic heterocycles. The van der Waals surface area contributed by atoms with Gasteiger partial charge in [-0.1, -0.05) is 218 Å². The van der Waals surface area contributed by atoms with Crippen LogP contribution in [0.4, 0.5) is 17.1 Å². The molecule has 0 aliphatic heterocycles. The molecule has 12 rings (SSSR count). The number of anilines is 3. The van der Waals surface area contributed by atoms with E-state index in [0.717, 1.165) is 28.2 Å². The average molecular weight is 884 g/mol. The minimum absolute atomic E-state index is 1.07. The van der Waals surface area contributed by atoms with Crippen LogP contribution in [0.2, 0.25) is 0 Å². The summed E-state index contributed by atoms with van der Waals surface area (Å²) in [5.74, 6) is 0. The van der Waals surface area contributed by atoms with Crippen molar-refractivity contribution in [3.05, 3.63) is 273 Å². The van der Waals surface area contributed by atoms with Crippen LogP contribution in [0.25, 0.3) is 98.1 Å². The first-order chi connectivity index (χ1) is 33.7. The van der Waals surface area contributed by atoms with Gasteiger partial charge in [-0.25, -0.2) is 0 Å². The standard InChI is InChI=1S/C66H45NS/c1-4-20-46(21-5-1)51-42-52(47-22-6-2-7-23-47)44-53(43-51)48-38-40-54(41-39-48)67(55-27-18-26-50(45-55)57-34-19-35-63-62-33-15-17-37-65(62)68-66(57)63)64-36-16-14-32-61(64)60-31-13-12-30-59(60)58-29-11-10-28-56(58)49-24-8-3-9-25-49/h1-45H. The van der Waals surface area contributed by atoms with Crippen molar-refractivity contribution < 1.29 is 0 Å². The van der Waals surface area contributed by atoms with Crippen LogP contribution in [0.15, 0.2) is 273 Å². The van der Waals surface area contributed by atoms with Crippen molar-refractivity contribution in [1.29, 1.82) is 0 Å². The highest BCUT2D eigenvalue weighted by atomic mass is 32.1. The van der Waals surface area contributed by atoms with Crippen LogP contribution >= 0.6 is 11.3 Å². The van der Waals surface area contributed by atoms with Crippen LogP contribution in [-0.2, 0) is 0 Å². The fourth-order valence-corrected chi connectivity index (χ4v) is 11.1. The van der Waals surface area contributed by atoms with Crippen LogP contribution in [-0.4, -0.2) is 0 Å². The molecule has 0 N–H and O–H groups in total. The summed E-state index contributed by atoms with van der Waals surface area (Å²) in [5.41, 5.74) is 19.9. The molecule has 68 heavy (non-hydrogen) atoms. The smallest absolute Gasteiger partial charge is 0.0540 e. The van der Waals surface area contributed by atoms with Crippen LogP contribution in [0.5, 0.6) is 0 Å². The lowest BCUT2D eigenvalue weighted by atomic mass is 9.88. The topological polar surface area (TPSA) is 3.24 Å². The molecule has 0 bridgehead atoms. The molecule has 2 heteroatoms. The van der Waals surface area contributed by atoms with Crippen LogP contribution in [0, 0.1) is 0 Å². The number of benzene rings is 11. The second-order valence-corrected chi connectivity index (χ2v) is 18.3. The van der Waals surface area contributed by atoms with E-state index in [1.54, 1.807) is 0 Å². The molecular formula is C66H45NS. The highest BCUT2D eigenvalue weighted by Crippen LogP contribution is 2.47. The third-order valence-corrected chi connectivity index (χ3v) is 14.3. The first-order valence-electron chi connectivity index (χ1n) is 23.2. The summed E-state index contributed by atoms with van der Waals surface area (Å²) in [5, 5.41) is 2.60. The van der Waals surface area contributed by atoms with Crippen molar-refractivity contribution in [2.75, 3.05) is 4.90 Å². The summed E-state index contributed by atoms with van der Waals surface area (Å²) in [6.07, 6.45) is 0. The maximum atomic E-state index is 2.45. The maximum Gasteiger partial charge on any atom is 0.0540 e. The number of fused-ring (bicyclic) bond motifs is 3. The van der Waals surface area contributed by atoms with Gasteiger partial charge in [0.15, 0.2) is 0 Å². The van der Waals surface area contributed by atoms with Gasteiger partial charge in [0.2, 0.25) is 0 Å². The summed E-state index contributed by atoms with van der Waals surface area (Å²) < 4.78 is 2.61. The van der Waals surface area contributed by atoms with Gasteiger partial charge in [-0.2, -0.15) is 0 Å². The molecule has 0 amide bonds. The second kappa shape index (κ2) is 18.0. The zero-order chi connectivity index (χ0) is 45.2. The molecule has 1 heterocycles. The van der Waals surface area contributed by atoms with Gasteiger partial charge in [-0.15, -0.1) is 11.3 Å². The minimum atomic E-state index is 1.07. The van der Waals surface area contributed by atoms with E-state index in [0.29, 0.717) is 0 Å². The summed E-state index contributed by atoms with van der Waals surface area (Å²) in [6, 6.07) is 99.4. The van der Waals surface area contributed by atoms with Crippen molar-refractivity contribution in [2.24, 2.45) is 0 Å². The van der Waals surface area contributed by atoms with Gasteiger partial charge in [0, 0.05) is 37.1 Å². The molecule has 0 radical (unpaired) electrons. The van der Waals surface area contributed by atoms with E-state index in [1.807, 2.05) is 11.3 Å². The highest BCUT2D eigenvalue weighted by molar-refractivity contribution is 7.26. The minimum Gasteiger partial charge on any atom is -0.310 e. The van der Waals surface area contributed by atoms with Crippen molar-refractivity contribution in [3.63, 3.8) is 0 Å². The van der Waals surface area contributed by atoms with Gasteiger partial charge in [-0.3, -0.25) is 0 Å². The van der Waals surface area contributed by atoms with E-state index >= 15 is 0 Å². The van der Waals surface area contributed by atoms with Crippen LogP contribution < -0.4 is 4.90 Å². The molecule has 11 aromatic carbocycles. The van der Waals surface area contributed by atoms with Gasteiger partial charge < -0.3 is 4.90 Å². The van der Waals surface area contributed by atoms with Gasteiger partial charge in [0.1, 0.15) is 0 Å². The van der Waals surface area contributed by atoms with E-state index in [9.17, 15) is 0 Å². The highest BCUT2D eigenvalue weighted by Gasteiger charge is 2.21. The maximum absolute atomic E-state index is 2.45. The van der Waals surface area contributed by atoms with Crippen LogP contribution in [0.1, 0.15) is 0 Å². The fourth-order valence-electron chi connectivity index (χ4n) is 9.84. The molecule has 0 saturated heterocycles. The molecule has 12 aromatic rings. The second-order valence-electron chi connectivity index (χ2n) is 17.2. The first-order valence-corrected chi connectivity index (χ1v) is 24.1. The molecule has 0 unspecified atom stereocenters. The van der Waals surface area contributed by atoms with Crippen molar-refractivity contribution >= 4 is 48.6 Å². The number of thiophene rings is 1. The lowest BCUT2D eigenvalue weighted by molar-refractivity contribution is 1.28. The monoisotopic (exact) mass is 883 g/mol. The van der Waals surface area contributed by atoms with Gasteiger partial charge >= 0.3 is 0 Å². The lowest BCUT2D eigenvalue weighted by Crippen LogP contribution is -2.11. The van der Waals surface area contributed by atoms with E-state index in [-0.39, 0.29) is 0 Å². The van der Waals surface area contributed by atoms with E-state index in [4.69, 9.17) is 0 Å². The van der Waals surface area contributed by atoms with Crippen molar-refractivity contribution in [3.8, 4) is 77.9 Å². The number of para-hydroxylation sites is 1. The summed E-state index contributed by atoms with van der Waals surface area (Å²) in [4.78, 5) is 2.45. The Morgan fingerprint density at radius 3 is 1.32 bits per heavy atom. The Balaban J connectivity index is 1.03. The van der Waals surface area contributed by atoms with Gasteiger partial charge in [-0.05, 0) is 127 Å². The predicted molar refractivity (Wildman–Crippen MR) is 292 cm³/mol. The lowest BCUT2D eigenvalue weighted by Gasteiger charge is -2.29. The van der Waals surface area contributed by atoms with Crippen molar-refractivity contribution in [2.45, 2.75) is 0 Å². The Bertz CT molecular complexity index is 3660. The molecule has 0 spiro atoms. The molecule has 0 aliphatic carbocycles. The Morgan fingerprint density at radius 2 is 0.676 bits per heavy atom. The Morgan fingerprint density at radius 1 is 0.235 bits per heavy atom. The molecule has 320 valence electrons. The predicted octanol–water partition coefficient (Wildman–Crippen LogP) is 19.2. The Kier molecular flexibility index (Phi) is 10.8. The normalized spacial score (nSPS) is 11.2. The summed E-state index contributed by atoms with van der Waals surface area (Å²) >= 11 is 1.87. The fraction of sp³-hybridized carbons (Fsp3) is 0. The number of hydrogen-bond acceptors (Lipinski definition) is 2. The van der Waals surface area contributed by atoms with Gasteiger partial charge in [0.25, 0.3) is 0 Å². The first kappa shape index (κ1) is 40.9. The molecule has 1 nitrogen and oxygen atoms in total. The Labute approximate surface area is 402 Å². The van der Waals surface area contributed by atoms with Crippen LogP contribution in [0.3, 0.4) is 0 Å². The largest absolute Gasteiger partial charge is 0.310 e. The summed E-state index contributed by atoms with van der Waals surface area (Å²) in [7, 11) is 0. The molecule has 0 saturated carbocycles. The summed E-state index contributed by atoms with van der Waals surface area (Å²) in [6.45, 7) is 0. The van der Waals surface area contributed by atoms with E-state index < -0.39 is 0 Å². The van der Waals surface area contributed by atoms with E-state index in [1.165, 1.54) is 86.9 Å². The molecule has 0 aliphatic rings. The molecule has 0 fully saturated rings. The quantitative estimate of drug-likeness (QED) is 0.132. The van der Waals surface area contributed by atoms with Crippen molar-refractivity contribution in [1.82, 2.24) is 0 Å². The molecule has 0 atom stereocenters. The number of rotatable bonds is 10. The number of nitrogens with zero attached hydrogens (tertiary/aromatic N) is 1. The van der Waals surface area contributed by atoms with E-state index in [2.05, 4.69) is 278 Å². The third kappa shape index (κ3) is 7.77. The zero-order valence-electron chi connectivity index (χ0n) is 37.3. The number of hydrogen-bond donors (Lipinski definition) is 0. The van der Waals surface area contributed by atoms with Gasteiger partial charge in [0.05, 0.1) is 5.69 Å². The third-order valence-electron chi connectivity index (χ3n) is 13.1. The SMILES string of the molecule is c1ccc(-c2cc(-c3ccccc3)cc(-c3ccc(N(c4cccc(-c5cccc6c5sc5ccccc56)c4)c4ccccc4-c4ccccc4-c4ccccc4-c4ccccc4)cc3)c2)cc1. The average Bonchev–Trinajstić information content (AvgIpc) is 3.81. The molecular weight excluding hydrogens is 839 g/mol.